The Hall–Kier alpha value is -1.10. The van der Waals surface area contributed by atoms with Gasteiger partial charge in [-0.3, -0.25) is 4.89 Å². The Labute approximate surface area is 102 Å². The number of esters is 1. The Balaban J connectivity index is 3.62. The van der Waals surface area contributed by atoms with Crippen LogP contribution in [0.1, 0.15) is 53.4 Å². The van der Waals surface area contributed by atoms with Gasteiger partial charge in [0, 0.05) is 0 Å². The molecule has 5 heteroatoms. The fraction of sp³-hybridized carbons (Fsp3) is 0.833. The highest BCUT2D eigenvalue weighted by atomic mass is 17.2. The molecule has 0 saturated carbocycles. The van der Waals surface area contributed by atoms with Gasteiger partial charge in [-0.1, -0.05) is 26.2 Å². The standard InChI is InChI=1S/C12H22O5/c1-5-6-7-8-9-15-17-11(14)10(13)16-12(2,3)4/h5-9H2,1-4H3. The summed E-state index contributed by atoms with van der Waals surface area (Å²) in [7, 11) is 0. The quantitative estimate of drug-likeness (QED) is 0.237. The third-order valence-corrected chi connectivity index (χ3v) is 1.78. The molecule has 0 aromatic heterocycles. The second-order valence-corrected chi connectivity index (χ2v) is 4.76. The molecule has 0 aromatic rings. The highest BCUT2D eigenvalue weighted by molar-refractivity contribution is 6.29. The van der Waals surface area contributed by atoms with Crippen molar-refractivity contribution in [1.82, 2.24) is 0 Å². The summed E-state index contributed by atoms with van der Waals surface area (Å²) in [6.45, 7) is 7.41. The summed E-state index contributed by atoms with van der Waals surface area (Å²) >= 11 is 0. The molecule has 0 aliphatic carbocycles. The molecule has 0 aliphatic heterocycles. The van der Waals surface area contributed by atoms with E-state index in [9.17, 15) is 9.59 Å². The SMILES string of the molecule is CCCCCCOOC(=O)C(=O)OC(C)(C)C. The van der Waals surface area contributed by atoms with Crippen molar-refractivity contribution in [2.24, 2.45) is 0 Å². The number of hydrogen-bond donors (Lipinski definition) is 0. The van der Waals surface area contributed by atoms with E-state index in [-0.39, 0.29) is 0 Å². The van der Waals surface area contributed by atoms with Gasteiger partial charge in [-0.25, -0.2) is 9.59 Å². The second-order valence-electron chi connectivity index (χ2n) is 4.76. The fourth-order valence-electron chi connectivity index (χ4n) is 1.04. The lowest BCUT2D eigenvalue weighted by molar-refractivity contribution is -0.273. The Kier molecular flexibility index (Phi) is 7.54. The van der Waals surface area contributed by atoms with Crippen LogP contribution in [0.15, 0.2) is 0 Å². The fourth-order valence-corrected chi connectivity index (χ4v) is 1.04. The van der Waals surface area contributed by atoms with Crippen molar-refractivity contribution in [3.63, 3.8) is 0 Å². The minimum Gasteiger partial charge on any atom is -0.451 e. The number of unbranched alkanes of at least 4 members (excludes halogenated alkanes) is 3. The molecule has 0 N–H and O–H groups in total. The van der Waals surface area contributed by atoms with Gasteiger partial charge in [0.15, 0.2) is 0 Å². The number of carbonyl (C=O) groups excluding carboxylic acids is 2. The molecule has 0 saturated heterocycles. The van der Waals surface area contributed by atoms with Crippen LogP contribution in [0, 0.1) is 0 Å². The zero-order valence-corrected chi connectivity index (χ0v) is 11.1. The van der Waals surface area contributed by atoms with Gasteiger partial charge in [0.05, 0.1) is 6.61 Å². The predicted molar refractivity (Wildman–Crippen MR) is 62.0 cm³/mol. The molecule has 100 valence electrons. The van der Waals surface area contributed by atoms with Crippen LogP contribution in [-0.2, 0) is 24.1 Å². The highest BCUT2D eigenvalue weighted by Gasteiger charge is 2.25. The Morgan fingerprint density at radius 2 is 1.65 bits per heavy atom. The molecule has 0 aliphatic rings. The number of hydrogen-bond acceptors (Lipinski definition) is 5. The molecular formula is C12H22O5. The van der Waals surface area contributed by atoms with E-state index in [0.717, 1.165) is 25.7 Å². The summed E-state index contributed by atoms with van der Waals surface area (Å²) in [5, 5.41) is 0. The van der Waals surface area contributed by atoms with E-state index >= 15 is 0 Å². The van der Waals surface area contributed by atoms with E-state index in [2.05, 4.69) is 16.7 Å². The molecule has 17 heavy (non-hydrogen) atoms. The average molecular weight is 246 g/mol. The summed E-state index contributed by atoms with van der Waals surface area (Å²) in [6.07, 6.45) is 4.05. The first-order valence-electron chi connectivity index (χ1n) is 5.93. The minimum atomic E-state index is -1.12. The van der Waals surface area contributed by atoms with Crippen LogP contribution in [0.5, 0.6) is 0 Å². The van der Waals surface area contributed by atoms with Crippen molar-refractivity contribution in [2.75, 3.05) is 6.61 Å². The molecule has 0 bridgehead atoms. The molecule has 5 nitrogen and oxygen atoms in total. The van der Waals surface area contributed by atoms with Crippen molar-refractivity contribution in [3.05, 3.63) is 0 Å². The van der Waals surface area contributed by atoms with Gasteiger partial charge in [-0.05, 0) is 27.2 Å². The van der Waals surface area contributed by atoms with Crippen molar-refractivity contribution < 1.29 is 24.1 Å². The minimum absolute atomic E-state index is 0.300. The van der Waals surface area contributed by atoms with Crippen molar-refractivity contribution >= 4 is 11.9 Å². The lowest BCUT2D eigenvalue weighted by Gasteiger charge is -2.18. The lowest BCUT2D eigenvalue weighted by atomic mass is 10.2. The lowest BCUT2D eigenvalue weighted by Crippen LogP contribution is -2.30. The molecule has 0 unspecified atom stereocenters. The first-order chi connectivity index (χ1) is 7.87. The number of carbonyl (C=O) groups is 2. The van der Waals surface area contributed by atoms with E-state index in [1.54, 1.807) is 20.8 Å². The Morgan fingerprint density at radius 1 is 1.00 bits per heavy atom. The molecule has 0 fully saturated rings. The van der Waals surface area contributed by atoms with E-state index in [1.807, 2.05) is 0 Å². The predicted octanol–water partition coefficient (Wildman–Crippen LogP) is 2.38. The van der Waals surface area contributed by atoms with Crippen molar-refractivity contribution in [3.8, 4) is 0 Å². The van der Waals surface area contributed by atoms with Crippen molar-refractivity contribution in [2.45, 2.75) is 59.0 Å². The summed E-state index contributed by atoms with van der Waals surface area (Å²) in [4.78, 5) is 31.2. The van der Waals surface area contributed by atoms with E-state index in [1.165, 1.54) is 0 Å². The van der Waals surface area contributed by atoms with E-state index in [0.29, 0.717) is 6.61 Å². The zero-order chi connectivity index (χ0) is 13.3. The first-order valence-corrected chi connectivity index (χ1v) is 5.93. The number of rotatable bonds is 6. The van der Waals surface area contributed by atoms with Crippen LogP contribution in [-0.4, -0.2) is 24.1 Å². The van der Waals surface area contributed by atoms with E-state index in [4.69, 9.17) is 4.74 Å². The number of ether oxygens (including phenoxy) is 1. The summed E-state index contributed by atoms with van der Waals surface area (Å²) in [6, 6.07) is 0. The maximum atomic E-state index is 11.1. The van der Waals surface area contributed by atoms with Gasteiger partial charge in [-0.15, -0.1) is 0 Å². The van der Waals surface area contributed by atoms with Crippen LogP contribution in [0.2, 0.25) is 0 Å². The molecular weight excluding hydrogens is 224 g/mol. The largest absolute Gasteiger partial charge is 0.451 e. The van der Waals surface area contributed by atoms with Crippen LogP contribution >= 0.6 is 0 Å². The Bertz CT molecular complexity index is 242. The average Bonchev–Trinajstić information content (AvgIpc) is 2.20. The van der Waals surface area contributed by atoms with Crippen LogP contribution in [0.25, 0.3) is 0 Å². The molecule has 0 heterocycles. The summed E-state index contributed by atoms with van der Waals surface area (Å²) in [5.74, 6) is -2.15. The van der Waals surface area contributed by atoms with Gasteiger partial charge in [0.25, 0.3) is 0 Å². The first kappa shape index (κ1) is 15.9. The Morgan fingerprint density at radius 3 is 2.18 bits per heavy atom. The molecule has 0 radical (unpaired) electrons. The molecule has 0 atom stereocenters. The third-order valence-electron chi connectivity index (χ3n) is 1.78. The molecule has 0 aromatic carbocycles. The summed E-state index contributed by atoms with van der Waals surface area (Å²) < 4.78 is 4.80. The van der Waals surface area contributed by atoms with Crippen LogP contribution < -0.4 is 0 Å². The normalized spacial score (nSPS) is 11.1. The van der Waals surface area contributed by atoms with E-state index < -0.39 is 17.5 Å². The highest BCUT2D eigenvalue weighted by Crippen LogP contribution is 2.07. The molecule has 0 rings (SSSR count). The van der Waals surface area contributed by atoms with Gasteiger partial charge in [0.1, 0.15) is 5.60 Å². The topological polar surface area (TPSA) is 61.8 Å². The maximum absolute atomic E-state index is 11.1. The van der Waals surface area contributed by atoms with Crippen LogP contribution in [0.3, 0.4) is 0 Å². The van der Waals surface area contributed by atoms with Gasteiger partial charge in [-0.2, -0.15) is 4.89 Å². The smallest absolute Gasteiger partial charge is 0.449 e. The van der Waals surface area contributed by atoms with Gasteiger partial charge in [0.2, 0.25) is 0 Å². The molecule has 0 spiro atoms. The van der Waals surface area contributed by atoms with Gasteiger partial charge < -0.3 is 4.74 Å². The van der Waals surface area contributed by atoms with Crippen LogP contribution in [0.4, 0.5) is 0 Å². The maximum Gasteiger partial charge on any atom is 0.449 e. The molecule has 0 amide bonds. The third kappa shape index (κ3) is 9.81. The van der Waals surface area contributed by atoms with Crippen molar-refractivity contribution in [1.29, 1.82) is 0 Å². The second kappa shape index (κ2) is 8.06. The monoisotopic (exact) mass is 246 g/mol. The summed E-state index contributed by atoms with van der Waals surface area (Å²) in [5.41, 5.74) is -0.711. The zero-order valence-electron chi connectivity index (χ0n) is 11.1. The van der Waals surface area contributed by atoms with Gasteiger partial charge >= 0.3 is 11.9 Å².